The molecule has 0 saturated heterocycles. The maximum Gasteiger partial charge on any atom is 0.368 e. The van der Waals surface area contributed by atoms with E-state index in [0.717, 1.165) is 35.3 Å². The molecule has 1 aliphatic carbocycles. The van der Waals surface area contributed by atoms with Crippen LogP contribution in [0.1, 0.15) is 39.9 Å². The van der Waals surface area contributed by atoms with Crippen LogP contribution in [0.15, 0.2) is 41.6 Å². The molecule has 124 valence electrons. The summed E-state index contributed by atoms with van der Waals surface area (Å²) in [7, 11) is 1.64. The van der Waals surface area contributed by atoms with E-state index in [4.69, 9.17) is 9.57 Å². The number of halogens is 1. The smallest absolute Gasteiger partial charge is 0.368 e. The minimum absolute atomic E-state index is 0.121. The van der Waals surface area contributed by atoms with Crippen LogP contribution in [0, 0.1) is 12.7 Å². The summed E-state index contributed by atoms with van der Waals surface area (Å²) in [6, 6.07) is 9.50. The van der Waals surface area contributed by atoms with Crippen molar-refractivity contribution in [2.24, 2.45) is 5.16 Å². The Morgan fingerprint density at radius 3 is 2.71 bits per heavy atom. The molecule has 0 unspecified atom stereocenters. The second kappa shape index (κ2) is 6.83. The molecule has 0 saturated carbocycles. The molecule has 1 aliphatic rings. The molecule has 24 heavy (non-hydrogen) atoms. The lowest BCUT2D eigenvalue weighted by Gasteiger charge is -2.20. The zero-order valence-electron chi connectivity index (χ0n) is 13.6. The quantitative estimate of drug-likeness (QED) is 0.631. The van der Waals surface area contributed by atoms with Gasteiger partial charge in [0.2, 0.25) is 0 Å². The van der Waals surface area contributed by atoms with Crippen molar-refractivity contribution in [2.45, 2.75) is 26.2 Å². The van der Waals surface area contributed by atoms with Crippen molar-refractivity contribution in [3.05, 3.63) is 64.5 Å². The van der Waals surface area contributed by atoms with Gasteiger partial charge in [0.1, 0.15) is 11.6 Å². The Hall–Kier alpha value is -2.69. The number of benzene rings is 2. The Labute approximate surface area is 139 Å². The topological polar surface area (TPSA) is 47.9 Å². The van der Waals surface area contributed by atoms with Gasteiger partial charge in [-0.15, -0.1) is 0 Å². The van der Waals surface area contributed by atoms with Gasteiger partial charge in [0.25, 0.3) is 0 Å². The third kappa shape index (κ3) is 3.02. The van der Waals surface area contributed by atoms with Crippen molar-refractivity contribution in [3.8, 4) is 5.75 Å². The molecule has 4 nitrogen and oxygen atoms in total. The maximum atomic E-state index is 13.6. The predicted octanol–water partition coefficient (Wildman–Crippen LogP) is 4.04. The Morgan fingerprint density at radius 2 is 1.96 bits per heavy atom. The van der Waals surface area contributed by atoms with Crippen molar-refractivity contribution < 1.29 is 18.8 Å². The molecule has 5 heteroatoms. The summed E-state index contributed by atoms with van der Waals surface area (Å²) in [4.78, 5) is 17.0. The first-order valence-corrected chi connectivity index (χ1v) is 7.81. The minimum Gasteiger partial charge on any atom is -0.496 e. The number of methoxy groups -OCH3 is 1. The molecule has 0 aromatic heterocycles. The van der Waals surface area contributed by atoms with Gasteiger partial charge in [0.15, 0.2) is 0 Å². The van der Waals surface area contributed by atoms with Gasteiger partial charge in [-0.2, -0.15) is 0 Å². The number of carbonyl (C=O) groups is 1. The van der Waals surface area contributed by atoms with E-state index in [1.165, 1.54) is 18.2 Å². The van der Waals surface area contributed by atoms with Gasteiger partial charge in [0, 0.05) is 5.56 Å². The van der Waals surface area contributed by atoms with Crippen LogP contribution in [0.2, 0.25) is 0 Å². The Bertz CT molecular complexity index is 814. The van der Waals surface area contributed by atoms with Crippen molar-refractivity contribution in [3.63, 3.8) is 0 Å². The van der Waals surface area contributed by atoms with Crippen LogP contribution in [0.3, 0.4) is 0 Å². The fourth-order valence-corrected chi connectivity index (χ4v) is 2.98. The first kappa shape index (κ1) is 16.2. The molecule has 0 bridgehead atoms. The van der Waals surface area contributed by atoms with Gasteiger partial charge in [-0.25, -0.2) is 9.18 Å². The van der Waals surface area contributed by atoms with Crippen LogP contribution in [-0.4, -0.2) is 18.8 Å². The SMILES string of the molecule is COc1ccc2c(c1C)CCC/C2=N\OC(=O)c1ccccc1F. The van der Waals surface area contributed by atoms with E-state index in [9.17, 15) is 9.18 Å². The monoisotopic (exact) mass is 327 g/mol. The van der Waals surface area contributed by atoms with Crippen LogP contribution in [0.5, 0.6) is 5.75 Å². The van der Waals surface area contributed by atoms with Crippen molar-refractivity contribution in [1.29, 1.82) is 0 Å². The average molecular weight is 327 g/mol. The number of nitrogens with zero attached hydrogens (tertiary/aromatic N) is 1. The van der Waals surface area contributed by atoms with E-state index in [1.54, 1.807) is 13.2 Å². The first-order chi connectivity index (χ1) is 11.6. The molecule has 0 fully saturated rings. The lowest BCUT2D eigenvalue weighted by atomic mass is 9.87. The minimum atomic E-state index is -0.794. The van der Waals surface area contributed by atoms with E-state index < -0.39 is 11.8 Å². The van der Waals surface area contributed by atoms with Crippen molar-refractivity contribution in [1.82, 2.24) is 0 Å². The van der Waals surface area contributed by atoms with Gasteiger partial charge in [-0.05, 0) is 61.6 Å². The van der Waals surface area contributed by atoms with Crippen LogP contribution < -0.4 is 4.74 Å². The normalized spacial score (nSPS) is 15.0. The summed E-state index contributed by atoms with van der Waals surface area (Å²) in [5.74, 6) is -0.580. The summed E-state index contributed by atoms with van der Waals surface area (Å²) in [6.45, 7) is 2.01. The molecule has 0 amide bonds. The van der Waals surface area contributed by atoms with Crippen LogP contribution in [0.4, 0.5) is 4.39 Å². The van der Waals surface area contributed by atoms with Gasteiger partial charge in [-0.3, -0.25) is 0 Å². The molecule has 0 spiro atoms. The second-order valence-electron chi connectivity index (χ2n) is 5.67. The van der Waals surface area contributed by atoms with Gasteiger partial charge in [0.05, 0.1) is 18.4 Å². The zero-order chi connectivity index (χ0) is 17.1. The van der Waals surface area contributed by atoms with E-state index in [0.29, 0.717) is 12.1 Å². The molecule has 2 aromatic rings. The number of oxime groups is 1. The zero-order valence-corrected chi connectivity index (χ0v) is 13.6. The van der Waals surface area contributed by atoms with Crippen LogP contribution in [0.25, 0.3) is 0 Å². The molecule has 0 aliphatic heterocycles. The van der Waals surface area contributed by atoms with E-state index in [2.05, 4.69) is 5.16 Å². The molecule has 0 atom stereocenters. The van der Waals surface area contributed by atoms with Crippen molar-refractivity contribution in [2.75, 3.05) is 7.11 Å². The highest BCUT2D eigenvalue weighted by Gasteiger charge is 2.21. The summed E-state index contributed by atoms with van der Waals surface area (Å²) < 4.78 is 19.0. The largest absolute Gasteiger partial charge is 0.496 e. The molecule has 0 heterocycles. The molecular formula is C19H18FNO3. The summed E-state index contributed by atoms with van der Waals surface area (Å²) in [5.41, 5.74) is 3.76. The molecule has 3 rings (SSSR count). The summed E-state index contributed by atoms with van der Waals surface area (Å²) in [5, 5.41) is 4.00. The highest BCUT2D eigenvalue weighted by molar-refractivity contribution is 6.03. The first-order valence-electron chi connectivity index (χ1n) is 7.81. The fourth-order valence-electron chi connectivity index (χ4n) is 2.98. The lowest BCUT2D eigenvalue weighted by Crippen LogP contribution is -2.15. The molecule has 0 N–H and O–H groups in total. The Balaban J connectivity index is 1.87. The van der Waals surface area contributed by atoms with Crippen LogP contribution in [-0.2, 0) is 11.3 Å². The average Bonchev–Trinajstić information content (AvgIpc) is 2.60. The Morgan fingerprint density at radius 1 is 1.17 bits per heavy atom. The highest BCUT2D eigenvalue weighted by atomic mass is 19.1. The van der Waals surface area contributed by atoms with Gasteiger partial charge < -0.3 is 9.57 Å². The number of carbonyl (C=O) groups excluding carboxylic acids is 1. The standard InChI is InChI=1S/C19H18FNO3/c1-12-13-7-5-9-17(14(13)10-11-18(12)23-2)21-24-19(22)15-6-3-4-8-16(15)20/h3-4,6,8,10-11H,5,7,9H2,1-2H3/b21-17+. The Kier molecular flexibility index (Phi) is 4.60. The molecular weight excluding hydrogens is 309 g/mol. The fraction of sp³-hybridized carbons (Fsp3) is 0.263. The third-order valence-corrected chi connectivity index (χ3v) is 4.25. The van der Waals surface area contributed by atoms with E-state index >= 15 is 0 Å². The van der Waals surface area contributed by atoms with Gasteiger partial charge >= 0.3 is 5.97 Å². The predicted molar refractivity (Wildman–Crippen MR) is 89.0 cm³/mol. The number of hydrogen-bond acceptors (Lipinski definition) is 4. The molecule has 0 radical (unpaired) electrons. The number of hydrogen-bond donors (Lipinski definition) is 0. The second-order valence-corrected chi connectivity index (χ2v) is 5.67. The summed E-state index contributed by atoms with van der Waals surface area (Å²) >= 11 is 0. The number of ether oxygens (including phenoxy) is 1. The van der Waals surface area contributed by atoms with Crippen molar-refractivity contribution >= 4 is 11.7 Å². The maximum absolute atomic E-state index is 13.6. The third-order valence-electron chi connectivity index (χ3n) is 4.25. The van der Waals surface area contributed by atoms with E-state index in [-0.39, 0.29) is 5.56 Å². The number of fused-ring (bicyclic) bond motifs is 1. The lowest BCUT2D eigenvalue weighted by molar-refractivity contribution is 0.0510. The molecule has 2 aromatic carbocycles. The highest BCUT2D eigenvalue weighted by Crippen LogP contribution is 2.30. The van der Waals surface area contributed by atoms with Crippen LogP contribution >= 0.6 is 0 Å². The number of rotatable bonds is 3. The summed E-state index contributed by atoms with van der Waals surface area (Å²) in [6.07, 6.45) is 2.55. The van der Waals surface area contributed by atoms with Gasteiger partial charge in [-0.1, -0.05) is 17.3 Å². The van der Waals surface area contributed by atoms with E-state index in [1.807, 2.05) is 19.1 Å².